The van der Waals surface area contributed by atoms with Crippen LogP contribution in [0.5, 0.6) is 11.5 Å². The Labute approximate surface area is 339 Å². The highest BCUT2D eigenvalue weighted by molar-refractivity contribution is 5.80. The summed E-state index contributed by atoms with van der Waals surface area (Å²) in [4.78, 5) is 63.9. The fraction of sp³-hybridized carbons (Fsp3) is 0.105. The first-order valence-electron chi connectivity index (χ1n) is 17.9. The van der Waals surface area contributed by atoms with Crippen LogP contribution in [0.3, 0.4) is 0 Å². The molecule has 2 N–H and O–H groups in total. The van der Waals surface area contributed by atoms with E-state index in [0.29, 0.717) is 38.9 Å². The van der Waals surface area contributed by atoms with E-state index in [2.05, 4.69) is 59.3 Å². The van der Waals surface area contributed by atoms with Crippen LogP contribution in [0.15, 0.2) is 120 Å². The van der Waals surface area contributed by atoms with Crippen molar-refractivity contribution >= 4 is 44.4 Å². The number of rotatable bonds is 8. The summed E-state index contributed by atoms with van der Waals surface area (Å²) in [5.74, 6) is -0.424. The lowest BCUT2D eigenvalue weighted by Crippen LogP contribution is -2.18. The average Bonchev–Trinajstić information content (AvgIpc) is 4.00. The standard InChI is InChI=1S/2C19H12F3N7O2/c20-19(21,22)31-12-3-4-15-13(6-12)25-10-29(15)17-24-8-14-16(27-17)28(18(30)26-14)9-11-2-1-5-23-7-11;20-19(21,22)31-12-3-4-13-15(6-12)29(10-25-13)17-24-8-14-16(27-17)28(18(30)26-14)9-11-2-1-5-23-7-11/h2*1-8,10H,9H2,(H,26,30). The SMILES string of the molecule is O=c1[nH]c2cnc(-n3cnc4cc(OC(F)(F)F)ccc43)nc2n1Cc1cccnc1.O=c1[nH]c2cnc(-n3cnc4ccc(OC(F)(F)F)cc43)nc2n1Cc1cccnc1. The van der Waals surface area contributed by atoms with E-state index in [1.165, 1.54) is 79.7 Å². The van der Waals surface area contributed by atoms with Crippen molar-refractivity contribution in [1.29, 1.82) is 0 Å². The summed E-state index contributed by atoms with van der Waals surface area (Å²) in [5.41, 5.74) is 3.96. The number of fused-ring (bicyclic) bond motifs is 4. The summed E-state index contributed by atoms with van der Waals surface area (Å²) >= 11 is 0. The van der Waals surface area contributed by atoms with Crippen molar-refractivity contribution in [2.24, 2.45) is 0 Å². The third-order valence-corrected chi connectivity index (χ3v) is 9.06. The van der Waals surface area contributed by atoms with Gasteiger partial charge in [0.15, 0.2) is 11.3 Å². The van der Waals surface area contributed by atoms with Gasteiger partial charge in [0.1, 0.15) is 35.2 Å². The normalized spacial score (nSPS) is 12.0. The Hall–Kier alpha value is -8.44. The summed E-state index contributed by atoms with van der Waals surface area (Å²) in [5, 5.41) is 0. The number of benzene rings is 2. The maximum absolute atomic E-state index is 12.6. The summed E-state index contributed by atoms with van der Waals surface area (Å²) in [6.07, 6.45) is 2.61. The molecule has 2 aromatic carbocycles. The van der Waals surface area contributed by atoms with Gasteiger partial charge in [0.25, 0.3) is 0 Å². The molecule has 0 saturated carbocycles. The molecule has 0 atom stereocenters. The first-order valence-corrected chi connectivity index (χ1v) is 17.9. The van der Waals surface area contributed by atoms with Crippen molar-refractivity contribution in [3.8, 4) is 23.4 Å². The van der Waals surface area contributed by atoms with E-state index < -0.39 is 18.5 Å². The lowest BCUT2D eigenvalue weighted by Gasteiger charge is -2.09. The quantitative estimate of drug-likeness (QED) is 0.179. The Morgan fingerprint density at radius 1 is 0.565 bits per heavy atom. The van der Waals surface area contributed by atoms with Gasteiger partial charge in [0.05, 0.1) is 47.6 Å². The highest BCUT2D eigenvalue weighted by Crippen LogP contribution is 2.29. The molecule has 18 nitrogen and oxygen atoms in total. The second kappa shape index (κ2) is 15.3. The van der Waals surface area contributed by atoms with Crippen LogP contribution >= 0.6 is 0 Å². The predicted octanol–water partition coefficient (Wildman–Crippen LogP) is 5.60. The van der Waals surface area contributed by atoms with Gasteiger partial charge < -0.3 is 19.4 Å². The zero-order valence-electron chi connectivity index (χ0n) is 31.1. The number of pyridine rings is 2. The molecule has 312 valence electrons. The van der Waals surface area contributed by atoms with E-state index >= 15 is 0 Å². The first-order chi connectivity index (χ1) is 29.7. The van der Waals surface area contributed by atoms with Crippen LogP contribution in [0.2, 0.25) is 0 Å². The van der Waals surface area contributed by atoms with E-state index in [1.807, 2.05) is 12.1 Å². The lowest BCUT2D eigenvalue weighted by atomic mass is 10.3. The maximum Gasteiger partial charge on any atom is 0.573 e. The van der Waals surface area contributed by atoms with Crippen LogP contribution in [0.25, 0.3) is 56.3 Å². The van der Waals surface area contributed by atoms with Gasteiger partial charge >= 0.3 is 24.1 Å². The van der Waals surface area contributed by atoms with Crippen molar-refractivity contribution < 1.29 is 35.8 Å². The van der Waals surface area contributed by atoms with Gasteiger partial charge in [-0.3, -0.25) is 28.2 Å². The highest BCUT2D eigenvalue weighted by Gasteiger charge is 2.32. The number of halogens is 6. The smallest absolute Gasteiger partial charge is 0.406 e. The molecule has 8 aromatic heterocycles. The molecule has 0 aliphatic carbocycles. The summed E-state index contributed by atoms with van der Waals surface area (Å²) in [6, 6.07) is 14.7. The van der Waals surface area contributed by atoms with Crippen molar-refractivity contribution in [2.45, 2.75) is 25.8 Å². The van der Waals surface area contributed by atoms with Crippen molar-refractivity contribution in [3.05, 3.63) is 143 Å². The largest absolute Gasteiger partial charge is 0.573 e. The minimum atomic E-state index is -4.82. The number of H-pyrrole nitrogens is 2. The monoisotopic (exact) mass is 854 g/mol. The van der Waals surface area contributed by atoms with Crippen LogP contribution in [-0.4, -0.2) is 80.8 Å². The lowest BCUT2D eigenvalue weighted by molar-refractivity contribution is -0.275. The number of alkyl halides is 6. The second-order valence-corrected chi connectivity index (χ2v) is 13.2. The number of aromatic nitrogens is 14. The third-order valence-electron chi connectivity index (χ3n) is 9.06. The van der Waals surface area contributed by atoms with Crippen LogP contribution in [-0.2, 0) is 13.1 Å². The van der Waals surface area contributed by atoms with E-state index in [1.54, 1.807) is 36.9 Å². The Morgan fingerprint density at radius 2 is 1.06 bits per heavy atom. The number of aromatic amines is 2. The minimum Gasteiger partial charge on any atom is -0.406 e. The molecule has 10 aromatic rings. The molecule has 0 aliphatic heterocycles. The van der Waals surface area contributed by atoms with Crippen LogP contribution in [0, 0.1) is 0 Å². The highest BCUT2D eigenvalue weighted by atomic mass is 19.4. The van der Waals surface area contributed by atoms with Gasteiger partial charge in [-0.05, 0) is 47.5 Å². The fourth-order valence-electron chi connectivity index (χ4n) is 6.44. The number of hydrogen-bond acceptors (Lipinski definition) is 12. The Bertz CT molecular complexity index is 3360. The van der Waals surface area contributed by atoms with Crippen LogP contribution in [0.4, 0.5) is 26.3 Å². The summed E-state index contributed by atoms with van der Waals surface area (Å²) in [6.45, 7) is 0.489. The molecule has 0 radical (unpaired) electrons. The molecule has 24 heteroatoms. The van der Waals surface area contributed by atoms with E-state index in [-0.39, 0.29) is 47.6 Å². The topological polar surface area (TPSA) is 207 Å². The molecule has 0 aliphatic rings. The van der Waals surface area contributed by atoms with Gasteiger partial charge in [-0.15, -0.1) is 26.3 Å². The van der Waals surface area contributed by atoms with Gasteiger partial charge in [-0.2, -0.15) is 9.97 Å². The maximum atomic E-state index is 12.6. The molecule has 0 unspecified atom stereocenters. The third kappa shape index (κ3) is 8.10. The number of hydrogen-bond donors (Lipinski definition) is 2. The summed E-state index contributed by atoms with van der Waals surface area (Å²) < 4.78 is 88.8. The molecule has 0 amide bonds. The molecular formula is C38H24F6N14O4. The molecule has 0 fully saturated rings. The molecule has 62 heavy (non-hydrogen) atoms. The minimum absolute atomic E-state index is 0.137. The number of nitrogens with one attached hydrogen (secondary N) is 2. The predicted molar refractivity (Wildman–Crippen MR) is 206 cm³/mol. The van der Waals surface area contributed by atoms with Gasteiger partial charge in [0.2, 0.25) is 11.9 Å². The van der Waals surface area contributed by atoms with Gasteiger partial charge in [-0.25, -0.2) is 29.5 Å². The van der Waals surface area contributed by atoms with Crippen molar-refractivity contribution in [3.63, 3.8) is 0 Å². The average molecular weight is 855 g/mol. The molecule has 10 rings (SSSR count). The number of ether oxygens (including phenoxy) is 2. The molecule has 0 bridgehead atoms. The summed E-state index contributed by atoms with van der Waals surface area (Å²) in [7, 11) is 0. The van der Waals surface area contributed by atoms with E-state index in [0.717, 1.165) is 11.1 Å². The Balaban J connectivity index is 0.000000158. The molecule has 0 saturated heterocycles. The zero-order chi connectivity index (χ0) is 43.2. The molecule has 8 heterocycles. The second-order valence-electron chi connectivity index (χ2n) is 13.2. The zero-order valence-corrected chi connectivity index (χ0v) is 31.1. The van der Waals surface area contributed by atoms with Crippen molar-refractivity contribution in [2.75, 3.05) is 0 Å². The first kappa shape index (κ1) is 39.0. The Morgan fingerprint density at radius 3 is 1.58 bits per heavy atom. The number of imidazole rings is 4. The van der Waals surface area contributed by atoms with Crippen molar-refractivity contribution in [1.82, 2.24) is 68.1 Å². The van der Waals surface area contributed by atoms with Gasteiger partial charge in [0, 0.05) is 36.9 Å². The number of nitrogens with zero attached hydrogens (tertiary/aromatic N) is 12. The van der Waals surface area contributed by atoms with Crippen LogP contribution in [0.1, 0.15) is 11.1 Å². The van der Waals surface area contributed by atoms with Crippen LogP contribution < -0.4 is 20.9 Å². The van der Waals surface area contributed by atoms with E-state index in [9.17, 15) is 35.9 Å². The molecular weight excluding hydrogens is 830 g/mol. The van der Waals surface area contributed by atoms with E-state index in [4.69, 9.17) is 0 Å². The Kier molecular flexibility index (Phi) is 9.64. The molecule has 0 spiro atoms. The van der Waals surface area contributed by atoms with Gasteiger partial charge in [-0.1, -0.05) is 12.1 Å². The fourth-order valence-corrected chi connectivity index (χ4v) is 6.44.